The van der Waals surface area contributed by atoms with Crippen molar-refractivity contribution in [2.45, 2.75) is 70.4 Å². The van der Waals surface area contributed by atoms with Crippen molar-refractivity contribution in [2.75, 3.05) is 73.4 Å². The number of alkyl halides is 1. The van der Waals surface area contributed by atoms with Crippen molar-refractivity contribution in [2.24, 2.45) is 5.92 Å². The summed E-state index contributed by atoms with van der Waals surface area (Å²) in [5, 5.41) is 18.3. The number of aromatic amines is 1. The van der Waals surface area contributed by atoms with Crippen LogP contribution < -0.4 is 19.8 Å². The van der Waals surface area contributed by atoms with Gasteiger partial charge in [-0.25, -0.2) is 33.1 Å². The number of aliphatic hydroxyl groups excluding tert-OH is 1. The molecule has 408 valence electrons. The molecule has 1 unspecified atom stereocenters. The maximum atomic E-state index is 15.8. The zero-order valence-electron chi connectivity index (χ0n) is 42.8. The third-order valence-corrected chi connectivity index (χ3v) is 17.6. The molecule has 78 heavy (non-hydrogen) atoms. The Bertz CT molecular complexity index is 3490. The topological polar surface area (TPSA) is 239 Å². The number of aryl methyl sites for hydroxylation is 1. The number of benzene rings is 2. The maximum absolute atomic E-state index is 15.8. The third-order valence-electron chi connectivity index (χ3n) is 15.1. The minimum atomic E-state index is -4.39. The lowest BCUT2D eigenvalue weighted by Gasteiger charge is -2.48. The van der Waals surface area contributed by atoms with Gasteiger partial charge in [0, 0.05) is 131 Å². The van der Waals surface area contributed by atoms with E-state index in [1.165, 1.54) is 11.1 Å². The molecule has 2 amide bonds. The highest BCUT2D eigenvalue weighted by molar-refractivity contribution is 7.90. The largest absolute Gasteiger partial charge is 0.391 e. The zero-order valence-corrected chi connectivity index (χ0v) is 44.4. The van der Waals surface area contributed by atoms with Gasteiger partial charge in [0.1, 0.15) is 29.6 Å². The molecule has 2 aromatic carbocycles. The van der Waals surface area contributed by atoms with E-state index in [-0.39, 0.29) is 72.8 Å². The van der Waals surface area contributed by atoms with Gasteiger partial charge in [0.05, 0.1) is 33.4 Å². The van der Waals surface area contributed by atoms with Crippen LogP contribution in [0.1, 0.15) is 65.5 Å². The van der Waals surface area contributed by atoms with Gasteiger partial charge in [-0.2, -0.15) is 12.7 Å². The summed E-state index contributed by atoms with van der Waals surface area (Å²) < 4.78 is 79.2. The van der Waals surface area contributed by atoms with Crippen molar-refractivity contribution >= 4 is 67.6 Å². The number of amides is 2. The molecule has 0 saturated carbocycles. The maximum Gasteiger partial charge on any atom is 0.301 e. The van der Waals surface area contributed by atoms with E-state index in [1.54, 1.807) is 36.0 Å². The van der Waals surface area contributed by atoms with Crippen molar-refractivity contribution in [3.8, 4) is 21.6 Å². The average molecular weight is 1110 g/mol. The second-order valence-electron chi connectivity index (χ2n) is 20.5. The Morgan fingerprint density at radius 3 is 2.33 bits per heavy atom. The van der Waals surface area contributed by atoms with Gasteiger partial charge in [-0.1, -0.05) is 43.3 Å². The Morgan fingerprint density at radius 1 is 0.897 bits per heavy atom. The predicted molar refractivity (Wildman–Crippen MR) is 285 cm³/mol. The first kappa shape index (κ1) is 52.7. The molecule has 4 N–H and O–H groups in total. The fraction of sp³-hybridized carbons (Fsp3) is 0.396. The molecule has 4 aliphatic rings. The van der Waals surface area contributed by atoms with Crippen LogP contribution in [0.15, 0.2) is 83.4 Å². The van der Waals surface area contributed by atoms with Crippen LogP contribution in [-0.4, -0.2) is 159 Å². The lowest BCUT2D eigenvalue weighted by Crippen LogP contribution is -2.63. The molecule has 4 atom stereocenters. The number of fused-ring (bicyclic) bond motifs is 1. The van der Waals surface area contributed by atoms with Crippen molar-refractivity contribution in [1.29, 1.82) is 0 Å². The lowest BCUT2D eigenvalue weighted by atomic mass is 9.91. The molecular formula is C53H56F3N13O7S2. The van der Waals surface area contributed by atoms with Gasteiger partial charge in [0.15, 0.2) is 17.4 Å². The summed E-state index contributed by atoms with van der Waals surface area (Å²) in [6.45, 7) is 9.87. The van der Waals surface area contributed by atoms with Gasteiger partial charge >= 0.3 is 10.2 Å². The number of ketones is 1. The number of β-amino-alcohol motifs (C(OH)–C–C–N with tert-alkyl or cyclic N) is 1. The standard InChI is InChI=1S/C53H56F3N13O7S2/c1-29(2)45(52(73)69-27-37(70)17-42(69)51(72)59-19-31-4-6-32(7-5-31)49-30(3)62-28-77-49)43-18-44(63-76-43)67-25-36(26-67)65-12-14-66(15-13-65)53-60-21-34(22-61-53)33-16-38-39(23-58-50(38)57-20-33)48(71)46-40(55)8-9-41(47(46)56)64-78(74,75)68-11-10-35(54)24-68/h4-9,16,18,20-23,28-29,35-37,42,45,64,70H,10-15,17,19,24-27H2,1-3H3,(H,57,58)(H,59,72)/t35-,37-,42+,45?/m1/s1. The van der Waals surface area contributed by atoms with Crippen LogP contribution in [0.3, 0.4) is 0 Å². The van der Waals surface area contributed by atoms with Crippen molar-refractivity contribution in [3.63, 3.8) is 0 Å². The Hall–Kier alpha value is -7.32. The number of H-pyrrole nitrogens is 1. The molecule has 4 fully saturated rings. The molecule has 20 nitrogen and oxygen atoms in total. The Balaban J connectivity index is 0.675. The highest BCUT2D eigenvalue weighted by Gasteiger charge is 2.44. The fourth-order valence-corrected chi connectivity index (χ4v) is 12.8. The van der Waals surface area contributed by atoms with Gasteiger partial charge in [0.2, 0.25) is 23.5 Å². The summed E-state index contributed by atoms with van der Waals surface area (Å²) in [6, 6.07) is 12.4. The summed E-state index contributed by atoms with van der Waals surface area (Å²) in [7, 11) is -4.39. The molecule has 7 aromatic rings. The zero-order chi connectivity index (χ0) is 54.6. The normalized spacial score (nSPS) is 19.9. The van der Waals surface area contributed by atoms with Crippen LogP contribution in [0.5, 0.6) is 0 Å². The average Bonchev–Trinajstić information content (AvgIpc) is 4.37. The minimum Gasteiger partial charge on any atom is -0.391 e. The number of pyridine rings is 1. The van der Waals surface area contributed by atoms with E-state index in [2.05, 4.69) is 50.1 Å². The number of halogens is 3. The number of aromatic nitrogens is 6. The molecular weight excluding hydrogens is 1050 g/mol. The molecule has 25 heteroatoms. The van der Waals surface area contributed by atoms with E-state index in [4.69, 9.17) is 4.52 Å². The fourth-order valence-electron chi connectivity index (χ4n) is 10.7. The van der Waals surface area contributed by atoms with Gasteiger partial charge in [0.25, 0.3) is 0 Å². The van der Waals surface area contributed by atoms with Gasteiger partial charge in [-0.15, -0.1) is 11.3 Å². The van der Waals surface area contributed by atoms with E-state index in [0.717, 1.165) is 51.2 Å². The second-order valence-corrected chi connectivity index (χ2v) is 23.1. The van der Waals surface area contributed by atoms with Crippen LogP contribution in [0.2, 0.25) is 0 Å². The number of carbonyl (C=O) groups is 3. The molecule has 4 aliphatic heterocycles. The van der Waals surface area contributed by atoms with Crippen LogP contribution >= 0.6 is 11.3 Å². The first-order chi connectivity index (χ1) is 37.5. The number of nitrogens with one attached hydrogen (secondary N) is 3. The van der Waals surface area contributed by atoms with E-state index in [9.17, 15) is 32.3 Å². The van der Waals surface area contributed by atoms with Crippen molar-refractivity contribution < 1.29 is 45.6 Å². The van der Waals surface area contributed by atoms with E-state index in [1.807, 2.05) is 61.3 Å². The van der Waals surface area contributed by atoms with Crippen LogP contribution in [0.4, 0.5) is 30.6 Å². The predicted octanol–water partition coefficient (Wildman–Crippen LogP) is 5.68. The van der Waals surface area contributed by atoms with Gasteiger partial charge in [-0.05, 0) is 48.6 Å². The monoisotopic (exact) mass is 1110 g/mol. The van der Waals surface area contributed by atoms with Gasteiger partial charge < -0.3 is 34.6 Å². The summed E-state index contributed by atoms with van der Waals surface area (Å²) in [5.41, 5.74) is 4.38. The van der Waals surface area contributed by atoms with Crippen LogP contribution in [0.25, 0.3) is 32.6 Å². The number of hydrogen-bond donors (Lipinski definition) is 4. The number of piperazine rings is 1. The number of anilines is 3. The molecule has 11 rings (SSSR count). The molecule has 4 saturated heterocycles. The third kappa shape index (κ3) is 10.4. The summed E-state index contributed by atoms with van der Waals surface area (Å²) in [4.78, 5) is 71.7. The minimum absolute atomic E-state index is 0.0133. The highest BCUT2D eigenvalue weighted by atomic mass is 32.2. The number of aliphatic hydroxyl groups is 1. The molecule has 0 radical (unpaired) electrons. The van der Waals surface area contributed by atoms with E-state index in [0.29, 0.717) is 54.8 Å². The van der Waals surface area contributed by atoms with Gasteiger partial charge in [-0.3, -0.25) is 24.0 Å². The number of carbonyl (C=O) groups excluding carboxylic acids is 3. The molecule has 5 aromatic heterocycles. The Kier molecular flexibility index (Phi) is 14.5. The lowest BCUT2D eigenvalue weighted by molar-refractivity contribution is -0.141. The smallest absolute Gasteiger partial charge is 0.301 e. The summed E-state index contributed by atoms with van der Waals surface area (Å²) >= 11 is 1.57. The second kappa shape index (κ2) is 21.5. The summed E-state index contributed by atoms with van der Waals surface area (Å²) in [6.07, 6.45) is 4.01. The first-order valence-corrected chi connectivity index (χ1v) is 28.0. The number of rotatable bonds is 16. The Morgan fingerprint density at radius 2 is 1.64 bits per heavy atom. The molecule has 0 spiro atoms. The van der Waals surface area contributed by atoms with Crippen LogP contribution in [-0.2, 0) is 26.3 Å². The summed E-state index contributed by atoms with van der Waals surface area (Å²) in [5.74, 6) is -3.64. The van der Waals surface area contributed by atoms with E-state index >= 15 is 8.78 Å². The van der Waals surface area contributed by atoms with Crippen molar-refractivity contribution in [1.82, 2.24) is 49.5 Å². The molecule has 0 aliphatic carbocycles. The van der Waals surface area contributed by atoms with Crippen LogP contribution in [0, 0.1) is 24.5 Å². The van der Waals surface area contributed by atoms with Crippen molar-refractivity contribution in [3.05, 3.63) is 119 Å². The number of thiazole rings is 1. The first-order valence-electron chi connectivity index (χ1n) is 25.7. The molecule has 9 heterocycles. The highest BCUT2D eigenvalue weighted by Crippen LogP contribution is 2.36. The number of likely N-dealkylation sites (tertiary alicyclic amines) is 1. The number of hydrogen-bond acceptors (Lipinski definition) is 16. The SMILES string of the molecule is Cc1ncsc1-c1ccc(CNC(=O)[C@@H]2C[C@@H](O)CN2C(=O)C(c2cc(N3CC(N4CCN(c5ncc(-c6cnc7[nH]cc(C(=O)c8c(F)ccc(NS(=O)(=O)N9CC[C@@H](F)C9)c8F)c7c6)cn5)CC4)C3)no2)C(C)C)cc1. The van der Waals surface area contributed by atoms with E-state index < -0.39 is 69.7 Å². The number of nitrogens with zero attached hydrogens (tertiary/aromatic N) is 10. The Labute approximate surface area is 450 Å². The quantitative estimate of drug-likeness (QED) is 0.0852. The molecule has 0 bridgehead atoms.